The molecule has 0 radical (unpaired) electrons. The summed E-state index contributed by atoms with van der Waals surface area (Å²) in [4.78, 5) is 9.44. The summed E-state index contributed by atoms with van der Waals surface area (Å²) in [6, 6.07) is 9.30. The van der Waals surface area contributed by atoms with Crippen molar-refractivity contribution in [1.82, 2.24) is 0 Å². The molecule has 0 amide bonds. The number of hydrogen-bond acceptors (Lipinski definition) is 6. The van der Waals surface area contributed by atoms with Gasteiger partial charge in [-0.1, -0.05) is 18.2 Å². The summed E-state index contributed by atoms with van der Waals surface area (Å²) in [5.74, 6) is 0. The Morgan fingerprint density at radius 1 is 0.950 bits per heavy atom. The van der Waals surface area contributed by atoms with E-state index in [4.69, 9.17) is 11.5 Å². The first kappa shape index (κ1) is 13.8. The highest BCUT2D eigenvalue weighted by Gasteiger charge is 2.30. The van der Waals surface area contributed by atoms with Crippen LogP contribution in [0.5, 0.6) is 0 Å². The Balaban J connectivity index is 2.78. The Labute approximate surface area is 114 Å². The molecule has 0 spiro atoms. The van der Waals surface area contributed by atoms with E-state index < -0.39 is 25.3 Å². The monoisotopic (exact) mass is 293 g/mol. The van der Waals surface area contributed by atoms with Crippen LogP contribution >= 0.6 is 0 Å². The smallest absolute Gasteiger partial charge is 0.288 e. The summed E-state index contributed by atoms with van der Waals surface area (Å²) in [7, 11) is -4.17. The molecule has 2 aromatic carbocycles. The van der Waals surface area contributed by atoms with Crippen LogP contribution in [-0.4, -0.2) is 13.3 Å². The molecule has 0 unspecified atom stereocenters. The lowest BCUT2D eigenvalue weighted by molar-refractivity contribution is -0.387. The summed E-state index contributed by atoms with van der Waals surface area (Å²) in [6.07, 6.45) is 0. The van der Waals surface area contributed by atoms with Crippen molar-refractivity contribution in [1.29, 1.82) is 0 Å². The SMILES string of the molecule is Nc1cccc(N)c1S(=O)(=O)c1ccccc1[N+](=O)[O-]. The maximum absolute atomic E-state index is 12.5. The maximum Gasteiger partial charge on any atom is 0.288 e. The molecule has 0 aliphatic heterocycles. The number of benzene rings is 2. The molecule has 104 valence electrons. The second-order valence-electron chi connectivity index (χ2n) is 3.99. The van der Waals surface area contributed by atoms with E-state index in [9.17, 15) is 18.5 Å². The highest BCUT2D eigenvalue weighted by molar-refractivity contribution is 7.92. The van der Waals surface area contributed by atoms with Gasteiger partial charge in [0.15, 0.2) is 0 Å². The van der Waals surface area contributed by atoms with E-state index in [2.05, 4.69) is 0 Å². The molecule has 0 saturated carbocycles. The number of para-hydroxylation sites is 1. The zero-order valence-corrected chi connectivity index (χ0v) is 11.0. The molecule has 7 nitrogen and oxygen atoms in total. The van der Waals surface area contributed by atoms with Gasteiger partial charge in [0.2, 0.25) is 9.84 Å². The number of hydrogen-bond donors (Lipinski definition) is 2. The third kappa shape index (κ3) is 2.16. The van der Waals surface area contributed by atoms with Crippen LogP contribution in [0.2, 0.25) is 0 Å². The summed E-state index contributed by atoms with van der Waals surface area (Å²) in [5.41, 5.74) is 10.7. The number of nitrogens with zero attached hydrogens (tertiary/aromatic N) is 1. The minimum absolute atomic E-state index is 0.0526. The first-order valence-corrected chi connectivity index (χ1v) is 6.96. The van der Waals surface area contributed by atoms with Crippen LogP contribution in [0.25, 0.3) is 0 Å². The van der Waals surface area contributed by atoms with Gasteiger partial charge in [-0.05, 0) is 18.2 Å². The number of sulfone groups is 1. The first-order valence-electron chi connectivity index (χ1n) is 5.48. The second-order valence-corrected chi connectivity index (χ2v) is 5.85. The van der Waals surface area contributed by atoms with E-state index in [0.29, 0.717) is 0 Å². The van der Waals surface area contributed by atoms with Gasteiger partial charge in [0.25, 0.3) is 5.69 Å². The molecule has 2 rings (SSSR count). The predicted molar refractivity (Wildman–Crippen MR) is 73.8 cm³/mol. The van der Waals surface area contributed by atoms with Crippen LogP contribution in [0.15, 0.2) is 52.3 Å². The molecule has 20 heavy (non-hydrogen) atoms. The highest BCUT2D eigenvalue weighted by atomic mass is 32.2. The van der Waals surface area contributed by atoms with E-state index in [1.807, 2.05) is 0 Å². The molecular formula is C12H11N3O4S. The number of anilines is 2. The second kappa shape index (κ2) is 4.82. The van der Waals surface area contributed by atoms with Gasteiger partial charge in [-0.3, -0.25) is 10.1 Å². The van der Waals surface area contributed by atoms with Crippen molar-refractivity contribution in [3.8, 4) is 0 Å². The fraction of sp³-hybridized carbons (Fsp3) is 0. The average Bonchev–Trinajstić information content (AvgIpc) is 2.38. The largest absolute Gasteiger partial charge is 0.398 e. The summed E-state index contributed by atoms with van der Waals surface area (Å²) >= 11 is 0. The molecule has 0 heterocycles. The van der Waals surface area contributed by atoms with Crippen LogP contribution in [0.3, 0.4) is 0 Å². The standard InChI is InChI=1S/C12H11N3O4S/c13-8-4-3-5-9(14)12(8)20(18,19)11-7-2-1-6-10(11)15(16)17/h1-7H,13-14H2. The number of nitrogen functional groups attached to an aromatic ring is 2. The van der Waals surface area contributed by atoms with Gasteiger partial charge in [0.1, 0.15) is 9.79 Å². The average molecular weight is 293 g/mol. The number of nitrogens with two attached hydrogens (primary N) is 2. The van der Waals surface area contributed by atoms with Crippen LogP contribution in [0, 0.1) is 10.1 Å². The van der Waals surface area contributed by atoms with Gasteiger partial charge in [-0.25, -0.2) is 8.42 Å². The maximum atomic E-state index is 12.5. The van der Waals surface area contributed by atoms with E-state index in [1.54, 1.807) is 0 Å². The Bertz CT molecular complexity index is 767. The molecule has 0 aliphatic rings. The van der Waals surface area contributed by atoms with Crippen molar-refractivity contribution in [2.45, 2.75) is 9.79 Å². The molecule has 8 heteroatoms. The van der Waals surface area contributed by atoms with Crippen molar-refractivity contribution in [2.24, 2.45) is 0 Å². The molecule has 0 atom stereocenters. The van der Waals surface area contributed by atoms with Gasteiger partial charge >= 0.3 is 0 Å². The number of nitro benzene ring substituents is 1. The first-order chi connectivity index (χ1) is 9.35. The Morgan fingerprint density at radius 2 is 1.50 bits per heavy atom. The molecule has 0 aromatic heterocycles. The van der Waals surface area contributed by atoms with Gasteiger partial charge < -0.3 is 11.5 Å². The Kier molecular flexibility index (Phi) is 3.33. The normalized spacial score (nSPS) is 11.2. The van der Waals surface area contributed by atoms with Crippen molar-refractivity contribution in [2.75, 3.05) is 11.5 Å². The third-order valence-corrected chi connectivity index (χ3v) is 4.63. The predicted octanol–water partition coefficient (Wildman–Crippen LogP) is 1.59. The lowest BCUT2D eigenvalue weighted by Crippen LogP contribution is -2.10. The van der Waals surface area contributed by atoms with Gasteiger partial charge in [0, 0.05) is 6.07 Å². The van der Waals surface area contributed by atoms with Crippen LogP contribution < -0.4 is 11.5 Å². The highest BCUT2D eigenvalue weighted by Crippen LogP contribution is 2.34. The van der Waals surface area contributed by atoms with E-state index in [-0.39, 0.29) is 16.3 Å². The quantitative estimate of drug-likeness (QED) is 0.502. The van der Waals surface area contributed by atoms with Gasteiger partial charge in [-0.2, -0.15) is 0 Å². The van der Waals surface area contributed by atoms with E-state index in [1.165, 1.54) is 30.3 Å². The zero-order valence-electron chi connectivity index (χ0n) is 10.2. The lowest BCUT2D eigenvalue weighted by atomic mass is 10.3. The Hall–Kier alpha value is -2.61. The summed E-state index contributed by atoms with van der Waals surface area (Å²) < 4.78 is 25.1. The van der Waals surface area contributed by atoms with Gasteiger partial charge in [0.05, 0.1) is 16.3 Å². The molecule has 4 N–H and O–H groups in total. The van der Waals surface area contributed by atoms with Crippen molar-refractivity contribution in [3.05, 3.63) is 52.6 Å². The minimum Gasteiger partial charge on any atom is -0.398 e. The molecule has 0 saturated heterocycles. The fourth-order valence-corrected chi connectivity index (χ4v) is 3.48. The van der Waals surface area contributed by atoms with E-state index in [0.717, 1.165) is 12.1 Å². The minimum atomic E-state index is -4.17. The molecular weight excluding hydrogens is 282 g/mol. The fourth-order valence-electron chi connectivity index (χ4n) is 1.83. The van der Waals surface area contributed by atoms with Crippen LogP contribution in [0.1, 0.15) is 0 Å². The van der Waals surface area contributed by atoms with Crippen LogP contribution in [0.4, 0.5) is 17.1 Å². The number of nitro groups is 1. The van der Waals surface area contributed by atoms with E-state index >= 15 is 0 Å². The third-order valence-electron chi connectivity index (χ3n) is 2.70. The van der Waals surface area contributed by atoms with Crippen molar-refractivity contribution < 1.29 is 13.3 Å². The van der Waals surface area contributed by atoms with Crippen LogP contribution in [-0.2, 0) is 9.84 Å². The topological polar surface area (TPSA) is 129 Å². The summed E-state index contributed by atoms with van der Waals surface area (Å²) in [5, 5.41) is 10.9. The zero-order chi connectivity index (χ0) is 14.9. The molecule has 0 fully saturated rings. The lowest BCUT2D eigenvalue weighted by Gasteiger charge is -2.10. The van der Waals surface area contributed by atoms with Crippen molar-refractivity contribution >= 4 is 26.9 Å². The van der Waals surface area contributed by atoms with Gasteiger partial charge in [-0.15, -0.1) is 0 Å². The number of rotatable bonds is 3. The molecule has 0 bridgehead atoms. The summed E-state index contributed by atoms with van der Waals surface area (Å²) in [6.45, 7) is 0. The Morgan fingerprint density at radius 3 is 2.05 bits per heavy atom. The van der Waals surface area contributed by atoms with Crippen molar-refractivity contribution in [3.63, 3.8) is 0 Å². The molecule has 2 aromatic rings. The molecule has 0 aliphatic carbocycles.